The molecule has 1 aliphatic rings. The molecule has 0 atom stereocenters. The molecule has 0 saturated heterocycles. The number of fused-ring (bicyclic) bond motifs is 2. The predicted molar refractivity (Wildman–Crippen MR) is 92.1 cm³/mol. The summed E-state index contributed by atoms with van der Waals surface area (Å²) in [5.41, 5.74) is 0.559. The molecule has 0 radical (unpaired) electrons. The molecule has 0 saturated carbocycles. The van der Waals surface area contributed by atoms with Gasteiger partial charge in [0.05, 0.1) is 5.56 Å². The van der Waals surface area contributed by atoms with Crippen molar-refractivity contribution in [3.63, 3.8) is 0 Å². The molecule has 2 aromatic rings. The zero-order chi connectivity index (χ0) is 12.9. The van der Waals surface area contributed by atoms with Gasteiger partial charge in [-0.1, -0.05) is 24.3 Å². The molecular formula is C14H12Cl4O4. The van der Waals surface area contributed by atoms with E-state index in [2.05, 4.69) is 0 Å². The summed E-state index contributed by atoms with van der Waals surface area (Å²) in [7, 11) is 0. The Morgan fingerprint density at radius 1 is 0.636 bits per heavy atom. The fourth-order valence-corrected chi connectivity index (χ4v) is 2.16. The Morgan fingerprint density at radius 3 is 1.68 bits per heavy atom. The molecule has 1 aliphatic carbocycles. The standard InChI is InChI=1S/C14H8O4.4ClH/c15-10-6-5-9-11(14(10)18)13(17)8-4-2-1-3-7(8)12(9)16;;;;/h1-6,15,18H;4*1H. The zero-order valence-electron chi connectivity index (χ0n) is 10.8. The quantitative estimate of drug-likeness (QED) is 0.580. The third kappa shape index (κ3) is 3.15. The molecule has 3 rings (SSSR count). The number of carbonyl (C=O) groups is 2. The maximum Gasteiger partial charge on any atom is 0.198 e. The first-order chi connectivity index (χ1) is 8.61. The van der Waals surface area contributed by atoms with Gasteiger partial charge in [-0.15, -0.1) is 49.6 Å². The van der Waals surface area contributed by atoms with Gasteiger partial charge in [-0.25, -0.2) is 0 Å². The van der Waals surface area contributed by atoms with Crippen LogP contribution in [0.1, 0.15) is 31.8 Å². The molecular weight excluding hydrogens is 374 g/mol. The molecule has 0 aliphatic heterocycles. The van der Waals surface area contributed by atoms with E-state index < -0.39 is 17.3 Å². The van der Waals surface area contributed by atoms with Gasteiger partial charge in [-0.3, -0.25) is 9.59 Å². The van der Waals surface area contributed by atoms with Gasteiger partial charge in [0, 0.05) is 16.7 Å². The van der Waals surface area contributed by atoms with Crippen molar-refractivity contribution in [2.24, 2.45) is 0 Å². The lowest BCUT2D eigenvalue weighted by molar-refractivity contribution is 0.0976. The summed E-state index contributed by atoms with van der Waals surface area (Å²) in [6.07, 6.45) is 0. The summed E-state index contributed by atoms with van der Waals surface area (Å²) in [6, 6.07) is 8.97. The maximum absolute atomic E-state index is 12.2. The van der Waals surface area contributed by atoms with E-state index in [0.29, 0.717) is 5.56 Å². The van der Waals surface area contributed by atoms with Crippen molar-refractivity contribution in [3.05, 3.63) is 58.7 Å². The van der Waals surface area contributed by atoms with E-state index in [9.17, 15) is 19.8 Å². The van der Waals surface area contributed by atoms with E-state index in [-0.39, 0.29) is 72.1 Å². The topological polar surface area (TPSA) is 74.6 Å². The summed E-state index contributed by atoms with van der Waals surface area (Å²) in [4.78, 5) is 24.4. The molecule has 0 bridgehead atoms. The van der Waals surface area contributed by atoms with Crippen LogP contribution in [0.2, 0.25) is 0 Å². The highest BCUT2D eigenvalue weighted by atomic mass is 35.5. The molecule has 120 valence electrons. The molecule has 4 nitrogen and oxygen atoms in total. The Hall–Kier alpha value is -1.46. The minimum atomic E-state index is -0.541. The van der Waals surface area contributed by atoms with Gasteiger partial charge in [-0.05, 0) is 12.1 Å². The summed E-state index contributed by atoms with van der Waals surface area (Å²) in [5, 5.41) is 19.1. The van der Waals surface area contributed by atoms with Crippen molar-refractivity contribution in [3.8, 4) is 11.5 Å². The largest absolute Gasteiger partial charge is 0.504 e. The smallest absolute Gasteiger partial charge is 0.198 e. The first kappa shape index (κ1) is 22.8. The van der Waals surface area contributed by atoms with Crippen LogP contribution in [0.5, 0.6) is 11.5 Å². The van der Waals surface area contributed by atoms with Gasteiger partial charge in [0.1, 0.15) is 0 Å². The van der Waals surface area contributed by atoms with Crippen molar-refractivity contribution in [1.82, 2.24) is 0 Å². The fourth-order valence-electron chi connectivity index (χ4n) is 2.16. The molecule has 0 amide bonds. The number of hydrogen-bond donors (Lipinski definition) is 2. The Labute approximate surface area is 151 Å². The Morgan fingerprint density at radius 2 is 1.14 bits per heavy atom. The molecule has 0 fully saturated rings. The second-order valence-corrected chi connectivity index (χ2v) is 4.06. The lowest BCUT2D eigenvalue weighted by atomic mass is 9.83. The SMILES string of the molecule is Cl.Cl.Cl.Cl.O=C1c2ccccc2C(=O)c2c1ccc(O)c2O. The van der Waals surface area contributed by atoms with E-state index in [4.69, 9.17) is 0 Å². The number of phenols is 2. The van der Waals surface area contributed by atoms with Gasteiger partial charge in [0.2, 0.25) is 0 Å². The first-order valence-electron chi connectivity index (χ1n) is 5.34. The summed E-state index contributed by atoms with van der Waals surface area (Å²) in [5.74, 6) is -1.72. The van der Waals surface area contributed by atoms with Gasteiger partial charge in [0.15, 0.2) is 23.1 Å². The number of halogens is 4. The first-order valence-corrected chi connectivity index (χ1v) is 5.34. The van der Waals surface area contributed by atoms with Crippen molar-refractivity contribution < 1.29 is 19.8 Å². The number of phenolic OH excluding ortho intramolecular Hbond substituents is 2. The van der Waals surface area contributed by atoms with Gasteiger partial charge < -0.3 is 10.2 Å². The Kier molecular flexibility index (Phi) is 8.55. The number of aromatic hydroxyl groups is 2. The van der Waals surface area contributed by atoms with Crippen LogP contribution in [0, 0.1) is 0 Å². The second-order valence-electron chi connectivity index (χ2n) is 4.06. The molecule has 2 aromatic carbocycles. The molecule has 0 aromatic heterocycles. The van der Waals surface area contributed by atoms with Gasteiger partial charge in [0.25, 0.3) is 0 Å². The van der Waals surface area contributed by atoms with Crippen molar-refractivity contribution in [2.75, 3.05) is 0 Å². The minimum absolute atomic E-state index is 0. The number of carbonyl (C=O) groups excluding carboxylic acids is 2. The van der Waals surface area contributed by atoms with Crippen LogP contribution < -0.4 is 0 Å². The van der Waals surface area contributed by atoms with E-state index in [1.54, 1.807) is 18.2 Å². The van der Waals surface area contributed by atoms with Crippen LogP contribution in [0.3, 0.4) is 0 Å². The molecule has 0 heterocycles. The van der Waals surface area contributed by atoms with E-state index in [1.807, 2.05) is 0 Å². The lowest BCUT2D eigenvalue weighted by Crippen LogP contribution is -2.20. The monoisotopic (exact) mass is 384 g/mol. The van der Waals surface area contributed by atoms with Crippen molar-refractivity contribution >= 4 is 61.2 Å². The van der Waals surface area contributed by atoms with Gasteiger partial charge >= 0.3 is 0 Å². The maximum atomic E-state index is 12.2. The summed E-state index contributed by atoms with van der Waals surface area (Å²) >= 11 is 0. The van der Waals surface area contributed by atoms with E-state index >= 15 is 0 Å². The highest BCUT2D eigenvalue weighted by Gasteiger charge is 2.32. The van der Waals surface area contributed by atoms with E-state index in [1.165, 1.54) is 18.2 Å². The minimum Gasteiger partial charge on any atom is -0.504 e. The molecule has 22 heavy (non-hydrogen) atoms. The number of ketones is 2. The average molecular weight is 386 g/mol. The zero-order valence-corrected chi connectivity index (χ0v) is 14.1. The highest BCUT2D eigenvalue weighted by Crippen LogP contribution is 2.37. The third-order valence-corrected chi connectivity index (χ3v) is 3.04. The lowest BCUT2D eigenvalue weighted by Gasteiger charge is -2.18. The van der Waals surface area contributed by atoms with Crippen LogP contribution >= 0.6 is 49.6 Å². The van der Waals surface area contributed by atoms with Crippen molar-refractivity contribution in [1.29, 1.82) is 0 Å². The molecule has 0 unspecified atom stereocenters. The summed E-state index contributed by atoms with van der Waals surface area (Å²) < 4.78 is 0. The molecule has 8 heteroatoms. The number of benzene rings is 2. The van der Waals surface area contributed by atoms with Gasteiger partial charge in [-0.2, -0.15) is 0 Å². The fraction of sp³-hybridized carbons (Fsp3) is 0. The highest BCUT2D eigenvalue weighted by molar-refractivity contribution is 6.29. The van der Waals surface area contributed by atoms with Crippen LogP contribution in [-0.2, 0) is 0 Å². The van der Waals surface area contributed by atoms with Crippen LogP contribution in [-0.4, -0.2) is 21.8 Å². The van der Waals surface area contributed by atoms with E-state index in [0.717, 1.165) is 0 Å². The van der Waals surface area contributed by atoms with Crippen LogP contribution in [0.25, 0.3) is 0 Å². The average Bonchev–Trinajstić information content (AvgIpc) is 2.39. The number of rotatable bonds is 0. The Bertz CT molecular complexity index is 716. The van der Waals surface area contributed by atoms with Crippen molar-refractivity contribution in [2.45, 2.75) is 0 Å². The predicted octanol–water partition coefficient (Wildman–Crippen LogP) is 3.56. The summed E-state index contributed by atoms with van der Waals surface area (Å²) in [6.45, 7) is 0. The third-order valence-electron chi connectivity index (χ3n) is 3.04. The Balaban J connectivity index is 0. The molecule has 2 N–H and O–H groups in total. The normalized spacial score (nSPS) is 10.7. The second kappa shape index (κ2) is 8.25. The van der Waals surface area contributed by atoms with Crippen LogP contribution in [0.15, 0.2) is 36.4 Å². The number of hydrogen-bond acceptors (Lipinski definition) is 4. The molecule has 0 spiro atoms. The van der Waals surface area contributed by atoms with Crippen LogP contribution in [0.4, 0.5) is 0 Å².